The van der Waals surface area contributed by atoms with Gasteiger partial charge in [-0.3, -0.25) is 0 Å². The van der Waals surface area contributed by atoms with Gasteiger partial charge >= 0.3 is 0 Å². The van der Waals surface area contributed by atoms with Crippen LogP contribution in [0.4, 0.5) is 0 Å². The number of nitrogens with one attached hydrogen (secondary N) is 1. The lowest BCUT2D eigenvalue weighted by Gasteiger charge is -2.27. The number of hydrogen-bond donors (Lipinski definition) is 1. The maximum absolute atomic E-state index is 6.28. The Hall–Kier alpha value is -0.830. The zero-order chi connectivity index (χ0) is 13.2. The molecule has 100 valence electrons. The molecule has 2 aromatic rings. The van der Waals surface area contributed by atoms with Crippen molar-refractivity contribution in [2.45, 2.75) is 38.3 Å². The third kappa shape index (κ3) is 2.71. The van der Waals surface area contributed by atoms with Crippen molar-refractivity contribution in [3.8, 4) is 0 Å². The summed E-state index contributed by atoms with van der Waals surface area (Å²) >= 11 is 8.17. The van der Waals surface area contributed by atoms with E-state index in [1.807, 2.05) is 23.5 Å². The quantitative estimate of drug-likeness (QED) is 0.826. The maximum atomic E-state index is 6.28. The summed E-state index contributed by atoms with van der Waals surface area (Å²) in [5.74, 6) is 0. The molecular weight excluding hydrogens is 274 g/mol. The molecule has 1 aliphatic rings. The van der Waals surface area contributed by atoms with Crippen LogP contribution < -0.4 is 5.32 Å². The Balaban J connectivity index is 1.78. The van der Waals surface area contributed by atoms with Crippen LogP contribution in [-0.4, -0.2) is 0 Å². The highest BCUT2D eigenvalue weighted by atomic mass is 35.5. The fraction of sp³-hybridized carbons (Fsp3) is 0.375. The van der Waals surface area contributed by atoms with E-state index in [2.05, 4.69) is 35.8 Å². The van der Waals surface area contributed by atoms with Crippen LogP contribution in [0.25, 0.3) is 0 Å². The van der Waals surface area contributed by atoms with Crippen molar-refractivity contribution in [3.63, 3.8) is 0 Å². The Morgan fingerprint density at radius 2 is 2.16 bits per heavy atom. The SMILES string of the molecule is CC(NC1CCCc2sccc21)c1ccccc1Cl. The zero-order valence-electron chi connectivity index (χ0n) is 11.0. The van der Waals surface area contributed by atoms with Crippen LogP contribution >= 0.6 is 22.9 Å². The molecule has 1 N–H and O–H groups in total. The lowest BCUT2D eigenvalue weighted by Crippen LogP contribution is -2.27. The summed E-state index contributed by atoms with van der Waals surface area (Å²) in [5.41, 5.74) is 2.68. The fourth-order valence-electron chi connectivity index (χ4n) is 2.88. The van der Waals surface area contributed by atoms with Gasteiger partial charge in [-0.05, 0) is 54.8 Å². The highest BCUT2D eigenvalue weighted by Crippen LogP contribution is 2.35. The summed E-state index contributed by atoms with van der Waals surface area (Å²) in [6.45, 7) is 2.20. The van der Waals surface area contributed by atoms with Crippen LogP contribution in [0.15, 0.2) is 35.7 Å². The number of benzene rings is 1. The number of halogens is 1. The second-order valence-electron chi connectivity index (χ2n) is 5.15. The van der Waals surface area contributed by atoms with Gasteiger partial charge in [0.1, 0.15) is 0 Å². The molecule has 0 saturated carbocycles. The van der Waals surface area contributed by atoms with E-state index in [4.69, 9.17) is 11.6 Å². The summed E-state index contributed by atoms with van der Waals surface area (Å²) in [5, 5.41) is 6.80. The molecule has 0 amide bonds. The van der Waals surface area contributed by atoms with E-state index in [-0.39, 0.29) is 6.04 Å². The predicted molar refractivity (Wildman–Crippen MR) is 83.0 cm³/mol. The van der Waals surface area contributed by atoms with Crippen molar-refractivity contribution in [1.29, 1.82) is 0 Å². The van der Waals surface area contributed by atoms with Gasteiger partial charge in [-0.1, -0.05) is 29.8 Å². The molecule has 0 spiro atoms. The molecule has 2 atom stereocenters. The van der Waals surface area contributed by atoms with Gasteiger partial charge in [-0.15, -0.1) is 11.3 Å². The van der Waals surface area contributed by atoms with Crippen LogP contribution in [0, 0.1) is 0 Å². The van der Waals surface area contributed by atoms with E-state index in [1.165, 1.54) is 30.4 Å². The van der Waals surface area contributed by atoms with Crippen molar-refractivity contribution in [2.24, 2.45) is 0 Å². The molecule has 2 unspecified atom stereocenters. The molecule has 0 fully saturated rings. The molecule has 19 heavy (non-hydrogen) atoms. The summed E-state index contributed by atoms with van der Waals surface area (Å²) in [6.07, 6.45) is 3.74. The Morgan fingerprint density at radius 1 is 1.32 bits per heavy atom. The van der Waals surface area contributed by atoms with E-state index in [1.54, 1.807) is 4.88 Å². The number of fused-ring (bicyclic) bond motifs is 1. The van der Waals surface area contributed by atoms with Crippen LogP contribution in [0.5, 0.6) is 0 Å². The molecule has 3 rings (SSSR count). The fourth-order valence-corrected chi connectivity index (χ4v) is 4.16. The number of hydrogen-bond acceptors (Lipinski definition) is 2. The molecule has 3 heteroatoms. The lowest BCUT2D eigenvalue weighted by molar-refractivity contribution is 0.418. The Kier molecular flexibility index (Phi) is 3.92. The standard InChI is InChI=1S/C16H18ClNS/c1-11(12-5-2-3-6-14(12)17)18-15-7-4-8-16-13(15)9-10-19-16/h2-3,5-6,9-11,15,18H,4,7-8H2,1H3. The number of thiophene rings is 1. The largest absolute Gasteiger partial charge is 0.303 e. The minimum absolute atomic E-state index is 0.282. The second-order valence-corrected chi connectivity index (χ2v) is 6.56. The van der Waals surface area contributed by atoms with Gasteiger partial charge in [0.2, 0.25) is 0 Å². The second kappa shape index (κ2) is 5.66. The van der Waals surface area contributed by atoms with Crippen molar-refractivity contribution in [2.75, 3.05) is 0 Å². The minimum atomic E-state index is 0.282. The van der Waals surface area contributed by atoms with Gasteiger partial charge in [-0.2, -0.15) is 0 Å². The molecule has 0 saturated heterocycles. The zero-order valence-corrected chi connectivity index (χ0v) is 12.6. The summed E-state index contributed by atoms with van der Waals surface area (Å²) < 4.78 is 0. The number of aryl methyl sites for hydroxylation is 1. The third-order valence-electron chi connectivity index (χ3n) is 3.87. The summed E-state index contributed by atoms with van der Waals surface area (Å²) in [6, 6.07) is 11.1. The van der Waals surface area contributed by atoms with Crippen molar-refractivity contribution >= 4 is 22.9 Å². The summed E-state index contributed by atoms with van der Waals surface area (Å²) in [7, 11) is 0. The molecule has 1 aromatic carbocycles. The molecule has 0 radical (unpaired) electrons. The average Bonchev–Trinajstić information content (AvgIpc) is 2.88. The highest BCUT2D eigenvalue weighted by Gasteiger charge is 2.23. The normalized spacial score (nSPS) is 20.0. The topological polar surface area (TPSA) is 12.0 Å². The first-order valence-electron chi connectivity index (χ1n) is 6.82. The maximum Gasteiger partial charge on any atom is 0.0453 e. The average molecular weight is 292 g/mol. The van der Waals surface area contributed by atoms with Gasteiger partial charge in [-0.25, -0.2) is 0 Å². The molecule has 1 heterocycles. The molecular formula is C16H18ClNS. The van der Waals surface area contributed by atoms with Crippen LogP contribution in [0.2, 0.25) is 5.02 Å². The first-order valence-corrected chi connectivity index (χ1v) is 8.08. The van der Waals surface area contributed by atoms with Gasteiger partial charge in [0.15, 0.2) is 0 Å². The predicted octanol–water partition coefficient (Wildman–Crippen LogP) is 5.13. The van der Waals surface area contributed by atoms with Gasteiger partial charge in [0, 0.05) is 22.0 Å². The lowest BCUT2D eigenvalue weighted by atomic mass is 9.93. The van der Waals surface area contributed by atoms with E-state index in [0.29, 0.717) is 6.04 Å². The Bertz CT molecular complexity index is 563. The summed E-state index contributed by atoms with van der Waals surface area (Å²) in [4.78, 5) is 1.55. The van der Waals surface area contributed by atoms with Gasteiger partial charge in [0.05, 0.1) is 0 Å². The van der Waals surface area contributed by atoms with Crippen molar-refractivity contribution in [1.82, 2.24) is 5.32 Å². The van der Waals surface area contributed by atoms with E-state index >= 15 is 0 Å². The minimum Gasteiger partial charge on any atom is -0.303 e. The van der Waals surface area contributed by atoms with Crippen molar-refractivity contribution in [3.05, 3.63) is 56.7 Å². The van der Waals surface area contributed by atoms with Crippen molar-refractivity contribution < 1.29 is 0 Å². The van der Waals surface area contributed by atoms with E-state index in [9.17, 15) is 0 Å². The molecule has 1 aliphatic carbocycles. The molecule has 1 nitrogen and oxygen atoms in total. The Labute approximate surface area is 123 Å². The highest BCUT2D eigenvalue weighted by molar-refractivity contribution is 7.10. The number of rotatable bonds is 3. The van der Waals surface area contributed by atoms with Gasteiger partial charge < -0.3 is 5.32 Å². The molecule has 0 aliphatic heterocycles. The van der Waals surface area contributed by atoms with Crippen LogP contribution in [0.3, 0.4) is 0 Å². The van der Waals surface area contributed by atoms with E-state index < -0.39 is 0 Å². The first kappa shape index (κ1) is 13.2. The van der Waals surface area contributed by atoms with Crippen LogP contribution in [-0.2, 0) is 6.42 Å². The third-order valence-corrected chi connectivity index (χ3v) is 5.22. The first-order chi connectivity index (χ1) is 9.25. The monoisotopic (exact) mass is 291 g/mol. The molecule has 0 bridgehead atoms. The smallest absolute Gasteiger partial charge is 0.0453 e. The molecule has 1 aromatic heterocycles. The van der Waals surface area contributed by atoms with E-state index in [0.717, 1.165) is 5.02 Å². The Morgan fingerprint density at radius 3 is 3.00 bits per heavy atom. The van der Waals surface area contributed by atoms with Crippen LogP contribution in [0.1, 0.15) is 47.9 Å². The van der Waals surface area contributed by atoms with Gasteiger partial charge in [0.25, 0.3) is 0 Å².